The summed E-state index contributed by atoms with van der Waals surface area (Å²) in [6.45, 7) is 5.08. The molecule has 3 aromatic rings. The molecule has 0 fully saturated rings. The topological polar surface area (TPSA) is 50.2 Å². The molecule has 0 saturated carbocycles. The van der Waals surface area contributed by atoms with Gasteiger partial charge in [0, 0.05) is 23.5 Å². The molecule has 0 spiro atoms. The van der Waals surface area contributed by atoms with Gasteiger partial charge in [-0.15, -0.1) is 0 Å². The zero-order chi connectivity index (χ0) is 18.5. The van der Waals surface area contributed by atoms with Crippen molar-refractivity contribution in [1.82, 2.24) is 14.7 Å². The molecule has 1 amide bonds. The Bertz CT molecular complexity index is 872. The lowest BCUT2D eigenvalue weighted by Gasteiger charge is -2.17. The van der Waals surface area contributed by atoms with Crippen molar-refractivity contribution < 1.29 is 4.79 Å². The van der Waals surface area contributed by atoms with Crippen molar-refractivity contribution in [1.29, 1.82) is 0 Å². The number of nitrogens with one attached hydrogen (secondary N) is 1. The monoisotopic (exact) mass is 348 g/mol. The number of amides is 1. The van der Waals surface area contributed by atoms with Gasteiger partial charge in [-0.05, 0) is 45.2 Å². The van der Waals surface area contributed by atoms with Gasteiger partial charge < -0.3 is 5.32 Å². The minimum atomic E-state index is -0.0237. The van der Waals surface area contributed by atoms with Crippen molar-refractivity contribution in [3.05, 3.63) is 77.6 Å². The van der Waals surface area contributed by atoms with E-state index < -0.39 is 0 Å². The molecule has 1 heterocycles. The van der Waals surface area contributed by atoms with Crippen molar-refractivity contribution >= 4 is 11.6 Å². The molecule has 1 aromatic heterocycles. The Morgan fingerprint density at radius 3 is 2.31 bits per heavy atom. The van der Waals surface area contributed by atoms with Gasteiger partial charge in [0.15, 0.2) is 0 Å². The zero-order valence-corrected chi connectivity index (χ0v) is 15.4. The molecular formula is C21H24N4O. The van der Waals surface area contributed by atoms with Gasteiger partial charge in [0.05, 0.1) is 17.9 Å². The number of anilines is 1. The van der Waals surface area contributed by atoms with E-state index in [2.05, 4.69) is 17.3 Å². The zero-order valence-electron chi connectivity index (χ0n) is 15.4. The predicted molar refractivity (Wildman–Crippen MR) is 104 cm³/mol. The van der Waals surface area contributed by atoms with E-state index in [1.165, 1.54) is 0 Å². The van der Waals surface area contributed by atoms with Gasteiger partial charge in [0.2, 0.25) is 5.91 Å². The summed E-state index contributed by atoms with van der Waals surface area (Å²) in [5, 5.41) is 7.59. The molecular weight excluding hydrogens is 324 g/mol. The second kappa shape index (κ2) is 7.97. The lowest BCUT2D eigenvalue weighted by molar-refractivity contribution is -0.117. The summed E-state index contributed by atoms with van der Waals surface area (Å²) in [6, 6.07) is 19.6. The van der Waals surface area contributed by atoms with E-state index >= 15 is 0 Å². The van der Waals surface area contributed by atoms with E-state index in [1.54, 1.807) is 0 Å². The summed E-state index contributed by atoms with van der Waals surface area (Å²) in [7, 11) is 1.95. The molecule has 0 aliphatic carbocycles. The quantitative estimate of drug-likeness (QED) is 0.741. The number of para-hydroxylation sites is 2. The Kier molecular flexibility index (Phi) is 5.49. The molecule has 0 unspecified atom stereocenters. The van der Waals surface area contributed by atoms with Crippen LogP contribution in [0.5, 0.6) is 0 Å². The van der Waals surface area contributed by atoms with Crippen LogP contribution in [0.25, 0.3) is 5.69 Å². The van der Waals surface area contributed by atoms with Crippen molar-refractivity contribution in [3.63, 3.8) is 0 Å². The Labute approximate surface area is 154 Å². The normalized spacial score (nSPS) is 10.9. The average molecular weight is 348 g/mol. The third-order valence-corrected chi connectivity index (χ3v) is 4.34. The average Bonchev–Trinajstić information content (AvgIpc) is 2.91. The molecule has 0 atom stereocenters. The summed E-state index contributed by atoms with van der Waals surface area (Å²) < 4.78 is 1.96. The number of carbonyl (C=O) groups is 1. The largest absolute Gasteiger partial charge is 0.325 e. The Morgan fingerprint density at radius 2 is 1.65 bits per heavy atom. The van der Waals surface area contributed by atoms with Gasteiger partial charge in [-0.1, -0.05) is 36.4 Å². The predicted octanol–water partition coefficient (Wildman–Crippen LogP) is 3.56. The maximum Gasteiger partial charge on any atom is 0.238 e. The van der Waals surface area contributed by atoms with E-state index in [9.17, 15) is 4.79 Å². The summed E-state index contributed by atoms with van der Waals surface area (Å²) in [6.07, 6.45) is 0. The van der Waals surface area contributed by atoms with Crippen LogP contribution in [-0.4, -0.2) is 34.2 Å². The Hall–Kier alpha value is -2.92. The van der Waals surface area contributed by atoms with Crippen LogP contribution >= 0.6 is 0 Å². The number of rotatable bonds is 6. The van der Waals surface area contributed by atoms with Crippen LogP contribution < -0.4 is 5.32 Å². The number of nitrogens with zero attached hydrogens (tertiary/aromatic N) is 3. The molecule has 0 saturated heterocycles. The molecule has 3 rings (SSSR count). The number of aromatic nitrogens is 2. The van der Waals surface area contributed by atoms with E-state index in [0.717, 1.165) is 28.3 Å². The molecule has 5 nitrogen and oxygen atoms in total. The van der Waals surface area contributed by atoms with Crippen LogP contribution in [0.4, 0.5) is 5.69 Å². The third-order valence-electron chi connectivity index (χ3n) is 4.34. The van der Waals surface area contributed by atoms with E-state index in [0.29, 0.717) is 13.1 Å². The van der Waals surface area contributed by atoms with E-state index in [-0.39, 0.29) is 5.91 Å². The van der Waals surface area contributed by atoms with Crippen molar-refractivity contribution in [3.8, 4) is 5.69 Å². The van der Waals surface area contributed by atoms with Gasteiger partial charge in [-0.2, -0.15) is 5.10 Å². The minimum absolute atomic E-state index is 0.0237. The molecule has 26 heavy (non-hydrogen) atoms. The van der Waals surface area contributed by atoms with Crippen LogP contribution in [0.2, 0.25) is 0 Å². The smallest absolute Gasteiger partial charge is 0.238 e. The number of aryl methyl sites for hydroxylation is 1. The minimum Gasteiger partial charge on any atom is -0.325 e. The highest BCUT2D eigenvalue weighted by Crippen LogP contribution is 2.19. The number of hydrogen-bond donors (Lipinski definition) is 1. The second-order valence-electron chi connectivity index (χ2n) is 6.48. The van der Waals surface area contributed by atoms with Crippen LogP contribution in [0.15, 0.2) is 60.7 Å². The van der Waals surface area contributed by atoms with Gasteiger partial charge >= 0.3 is 0 Å². The first kappa shape index (κ1) is 17.9. The van der Waals surface area contributed by atoms with Crippen molar-refractivity contribution in [2.75, 3.05) is 18.9 Å². The maximum atomic E-state index is 12.2. The molecule has 5 heteroatoms. The maximum absolute atomic E-state index is 12.2. The fourth-order valence-corrected chi connectivity index (χ4v) is 3.02. The SMILES string of the molecule is Cc1nn(-c2ccccc2)c(C)c1CN(C)CC(=O)Nc1ccccc1. The standard InChI is InChI=1S/C21H24N4O/c1-16-20(17(2)25(23-16)19-12-8-5-9-13-19)14-24(3)15-21(26)22-18-10-6-4-7-11-18/h4-13H,14-15H2,1-3H3,(H,22,26). The first-order valence-corrected chi connectivity index (χ1v) is 8.68. The summed E-state index contributed by atoms with van der Waals surface area (Å²) in [4.78, 5) is 14.2. The molecule has 134 valence electrons. The van der Waals surface area contributed by atoms with Crippen LogP contribution in [0.3, 0.4) is 0 Å². The van der Waals surface area contributed by atoms with Crippen LogP contribution in [0.1, 0.15) is 17.0 Å². The highest BCUT2D eigenvalue weighted by Gasteiger charge is 2.16. The Morgan fingerprint density at radius 1 is 1.04 bits per heavy atom. The lowest BCUT2D eigenvalue weighted by Crippen LogP contribution is -2.30. The second-order valence-corrected chi connectivity index (χ2v) is 6.48. The molecule has 0 aliphatic rings. The van der Waals surface area contributed by atoms with E-state index in [4.69, 9.17) is 0 Å². The summed E-state index contributed by atoms with van der Waals surface area (Å²) in [5.74, 6) is -0.0237. The lowest BCUT2D eigenvalue weighted by atomic mass is 10.2. The van der Waals surface area contributed by atoms with E-state index in [1.807, 2.05) is 84.2 Å². The summed E-state index contributed by atoms with van der Waals surface area (Å²) in [5.41, 5.74) is 5.11. The number of carbonyl (C=O) groups excluding carboxylic acids is 1. The fraction of sp³-hybridized carbons (Fsp3) is 0.238. The van der Waals surface area contributed by atoms with Crippen LogP contribution in [0, 0.1) is 13.8 Å². The Balaban J connectivity index is 1.67. The summed E-state index contributed by atoms with van der Waals surface area (Å²) >= 11 is 0. The van der Waals surface area contributed by atoms with Gasteiger partial charge in [0.1, 0.15) is 0 Å². The first-order valence-electron chi connectivity index (χ1n) is 8.68. The highest BCUT2D eigenvalue weighted by molar-refractivity contribution is 5.92. The number of hydrogen-bond acceptors (Lipinski definition) is 3. The number of benzene rings is 2. The first-order chi connectivity index (χ1) is 12.5. The van der Waals surface area contributed by atoms with Gasteiger partial charge in [0.25, 0.3) is 0 Å². The fourth-order valence-electron chi connectivity index (χ4n) is 3.02. The molecule has 0 radical (unpaired) electrons. The van der Waals surface area contributed by atoms with Crippen LogP contribution in [-0.2, 0) is 11.3 Å². The molecule has 0 aliphatic heterocycles. The highest BCUT2D eigenvalue weighted by atomic mass is 16.2. The molecule has 0 bridgehead atoms. The third kappa shape index (κ3) is 4.18. The molecule has 2 aromatic carbocycles. The van der Waals surface area contributed by atoms with Gasteiger partial charge in [-0.25, -0.2) is 4.68 Å². The van der Waals surface area contributed by atoms with Crippen molar-refractivity contribution in [2.45, 2.75) is 20.4 Å². The van der Waals surface area contributed by atoms with Crippen molar-refractivity contribution in [2.24, 2.45) is 0 Å². The molecule has 1 N–H and O–H groups in total. The number of likely N-dealkylation sites (N-methyl/N-ethyl adjacent to an activating group) is 1. The van der Waals surface area contributed by atoms with Gasteiger partial charge in [-0.3, -0.25) is 9.69 Å².